The molecule has 1 fully saturated rings. The third-order valence-corrected chi connectivity index (χ3v) is 4.45. The predicted molar refractivity (Wildman–Crippen MR) is 67.4 cm³/mol. The van der Waals surface area contributed by atoms with Gasteiger partial charge in [0.2, 0.25) is 0 Å². The molecule has 19 heavy (non-hydrogen) atoms. The topological polar surface area (TPSA) is 79.5 Å². The van der Waals surface area contributed by atoms with Crippen LogP contribution >= 0.6 is 0 Å². The first kappa shape index (κ1) is 13.9. The Morgan fingerprint density at radius 2 is 1.84 bits per heavy atom. The van der Waals surface area contributed by atoms with Crippen LogP contribution in [0.3, 0.4) is 0 Å². The van der Waals surface area contributed by atoms with E-state index < -0.39 is 15.8 Å². The molecule has 0 spiro atoms. The lowest BCUT2D eigenvalue weighted by atomic mass is 10.3. The van der Waals surface area contributed by atoms with Crippen LogP contribution in [0.4, 0.5) is 20.3 Å². The summed E-state index contributed by atoms with van der Waals surface area (Å²) in [4.78, 5) is 5.94. The minimum atomic E-state index is -4.48. The number of piperazine rings is 1. The zero-order valence-corrected chi connectivity index (χ0v) is 10.9. The van der Waals surface area contributed by atoms with Crippen LogP contribution in [0.15, 0.2) is 18.3 Å². The molecule has 106 valence electrons. The van der Waals surface area contributed by atoms with E-state index in [0.717, 1.165) is 4.31 Å². The Morgan fingerprint density at radius 3 is 2.32 bits per heavy atom. The molecule has 6 nitrogen and oxygen atoms in total. The van der Waals surface area contributed by atoms with E-state index in [-0.39, 0.29) is 13.1 Å². The maximum absolute atomic E-state index is 12.4. The Labute approximate surface area is 109 Å². The lowest BCUT2D eigenvalue weighted by Gasteiger charge is -2.34. The molecule has 2 heterocycles. The van der Waals surface area contributed by atoms with Crippen LogP contribution in [-0.4, -0.2) is 49.6 Å². The maximum Gasteiger partial charge on any atom is 0.350 e. The molecule has 9 heteroatoms. The number of aromatic nitrogens is 1. The van der Waals surface area contributed by atoms with Crippen molar-refractivity contribution < 1.29 is 17.2 Å². The second-order valence-corrected chi connectivity index (χ2v) is 6.04. The fraction of sp³-hybridized carbons (Fsp3) is 0.500. The molecule has 2 rings (SSSR count). The highest BCUT2D eigenvalue weighted by atomic mass is 32.2. The number of halogens is 2. The largest absolute Gasteiger partial charge is 0.397 e. The van der Waals surface area contributed by atoms with Crippen molar-refractivity contribution >= 4 is 21.5 Å². The first-order chi connectivity index (χ1) is 8.91. The van der Waals surface area contributed by atoms with Gasteiger partial charge in [-0.1, -0.05) is 0 Å². The van der Waals surface area contributed by atoms with E-state index in [2.05, 4.69) is 4.98 Å². The van der Waals surface area contributed by atoms with Gasteiger partial charge < -0.3 is 10.6 Å². The number of pyridine rings is 1. The molecule has 0 radical (unpaired) electrons. The average molecular weight is 292 g/mol. The summed E-state index contributed by atoms with van der Waals surface area (Å²) >= 11 is 0. The Kier molecular flexibility index (Phi) is 3.85. The summed E-state index contributed by atoms with van der Waals surface area (Å²) in [6, 6.07) is 3.40. The van der Waals surface area contributed by atoms with E-state index in [1.54, 1.807) is 12.1 Å². The Morgan fingerprint density at radius 1 is 1.21 bits per heavy atom. The van der Waals surface area contributed by atoms with E-state index in [0.29, 0.717) is 24.6 Å². The number of anilines is 2. The number of rotatable bonds is 3. The molecule has 0 bridgehead atoms. The van der Waals surface area contributed by atoms with Gasteiger partial charge >= 0.3 is 5.76 Å². The van der Waals surface area contributed by atoms with Gasteiger partial charge in [-0.3, -0.25) is 0 Å². The first-order valence-electron chi connectivity index (χ1n) is 5.65. The molecular weight excluding hydrogens is 278 g/mol. The van der Waals surface area contributed by atoms with Crippen molar-refractivity contribution in [2.24, 2.45) is 0 Å². The van der Waals surface area contributed by atoms with Gasteiger partial charge in [0, 0.05) is 26.2 Å². The number of nitrogen functional groups attached to an aromatic ring is 1. The summed E-state index contributed by atoms with van der Waals surface area (Å²) in [7, 11) is -4.48. The van der Waals surface area contributed by atoms with Gasteiger partial charge in [0.15, 0.2) is 0 Å². The lowest BCUT2D eigenvalue weighted by molar-refractivity contribution is 0.217. The first-order valence-corrected chi connectivity index (χ1v) is 7.15. The van der Waals surface area contributed by atoms with Gasteiger partial charge in [0.25, 0.3) is 10.0 Å². The van der Waals surface area contributed by atoms with Crippen LogP contribution < -0.4 is 10.6 Å². The zero-order chi connectivity index (χ0) is 14.0. The van der Waals surface area contributed by atoms with Crippen LogP contribution in [0.25, 0.3) is 0 Å². The molecule has 2 N–H and O–H groups in total. The summed E-state index contributed by atoms with van der Waals surface area (Å²) in [5, 5.41) is 0. The molecule has 0 unspecified atom stereocenters. The average Bonchev–Trinajstić information content (AvgIpc) is 2.39. The summed E-state index contributed by atoms with van der Waals surface area (Å²) in [6.45, 7) is 0.698. The van der Waals surface area contributed by atoms with Crippen molar-refractivity contribution in [2.45, 2.75) is 5.76 Å². The number of nitrogens with zero attached hydrogens (tertiary/aromatic N) is 3. The number of sulfonamides is 1. The second-order valence-electron chi connectivity index (χ2n) is 4.14. The van der Waals surface area contributed by atoms with E-state index in [9.17, 15) is 17.2 Å². The predicted octanol–water partition coefficient (Wildman–Crippen LogP) is 0.338. The maximum atomic E-state index is 12.4. The number of hydrogen-bond donors (Lipinski definition) is 1. The molecule has 1 aromatic rings. The highest BCUT2D eigenvalue weighted by Crippen LogP contribution is 2.18. The zero-order valence-electron chi connectivity index (χ0n) is 10.0. The van der Waals surface area contributed by atoms with Crippen LogP contribution in [0.5, 0.6) is 0 Å². The highest BCUT2D eigenvalue weighted by molar-refractivity contribution is 7.89. The molecule has 0 atom stereocenters. The molecule has 1 saturated heterocycles. The third kappa shape index (κ3) is 2.92. The minimum Gasteiger partial charge on any atom is -0.397 e. The van der Waals surface area contributed by atoms with Gasteiger partial charge in [0.1, 0.15) is 5.82 Å². The number of hydrogen-bond acceptors (Lipinski definition) is 5. The van der Waals surface area contributed by atoms with Crippen molar-refractivity contribution in [3.8, 4) is 0 Å². The van der Waals surface area contributed by atoms with Crippen molar-refractivity contribution in [3.63, 3.8) is 0 Å². The van der Waals surface area contributed by atoms with E-state index >= 15 is 0 Å². The summed E-state index contributed by atoms with van der Waals surface area (Å²) in [5.41, 5.74) is 6.05. The standard InChI is InChI=1S/C10H14F2N4O2S/c11-10(12)19(17,18)16-5-3-15(4-6-16)9-2-1-8(13)7-14-9/h1-2,7,10H,3-6,13H2. The van der Waals surface area contributed by atoms with Crippen molar-refractivity contribution in [1.29, 1.82) is 0 Å². The van der Waals surface area contributed by atoms with E-state index in [1.165, 1.54) is 6.20 Å². The molecule has 1 aromatic heterocycles. The SMILES string of the molecule is Nc1ccc(N2CCN(S(=O)(=O)C(F)F)CC2)nc1. The molecule has 0 aromatic carbocycles. The number of nitrogens with two attached hydrogens (primary N) is 1. The lowest BCUT2D eigenvalue weighted by Crippen LogP contribution is -2.50. The van der Waals surface area contributed by atoms with Gasteiger partial charge in [-0.25, -0.2) is 13.4 Å². The summed E-state index contributed by atoms with van der Waals surface area (Å²) in [6.07, 6.45) is 1.50. The van der Waals surface area contributed by atoms with Crippen molar-refractivity contribution in [3.05, 3.63) is 18.3 Å². The normalized spacial score (nSPS) is 17.9. The number of alkyl halides is 2. The molecule has 0 aliphatic carbocycles. The highest BCUT2D eigenvalue weighted by Gasteiger charge is 2.34. The summed E-state index contributed by atoms with van der Waals surface area (Å²) in [5.74, 6) is -2.71. The van der Waals surface area contributed by atoms with E-state index in [4.69, 9.17) is 5.73 Å². The second kappa shape index (κ2) is 5.25. The van der Waals surface area contributed by atoms with Crippen molar-refractivity contribution in [2.75, 3.05) is 36.8 Å². The van der Waals surface area contributed by atoms with Crippen LogP contribution in [0.1, 0.15) is 0 Å². The smallest absolute Gasteiger partial charge is 0.350 e. The fourth-order valence-corrected chi connectivity index (χ4v) is 2.77. The van der Waals surface area contributed by atoms with Gasteiger partial charge in [-0.2, -0.15) is 13.1 Å². The fourth-order valence-electron chi connectivity index (χ4n) is 1.87. The molecule has 0 amide bonds. The third-order valence-electron chi connectivity index (χ3n) is 2.92. The molecule has 0 saturated carbocycles. The molecule has 1 aliphatic heterocycles. The van der Waals surface area contributed by atoms with Crippen molar-refractivity contribution in [1.82, 2.24) is 9.29 Å². The summed E-state index contributed by atoms with van der Waals surface area (Å²) < 4.78 is 48.2. The molecular formula is C10H14F2N4O2S. The Balaban J connectivity index is 2.02. The Hall–Kier alpha value is -1.48. The quantitative estimate of drug-likeness (QED) is 0.869. The van der Waals surface area contributed by atoms with Crippen LogP contribution in [0.2, 0.25) is 0 Å². The van der Waals surface area contributed by atoms with Gasteiger partial charge in [-0.05, 0) is 12.1 Å². The molecule has 1 aliphatic rings. The Bertz CT molecular complexity index is 527. The minimum absolute atomic E-state index is 0.0265. The van der Waals surface area contributed by atoms with Gasteiger partial charge in [0.05, 0.1) is 11.9 Å². The van der Waals surface area contributed by atoms with Crippen LogP contribution in [-0.2, 0) is 10.0 Å². The van der Waals surface area contributed by atoms with Crippen LogP contribution in [0, 0.1) is 0 Å². The van der Waals surface area contributed by atoms with E-state index in [1.807, 2.05) is 4.90 Å². The monoisotopic (exact) mass is 292 g/mol. The van der Waals surface area contributed by atoms with Gasteiger partial charge in [-0.15, -0.1) is 0 Å².